The maximum atomic E-state index is 13.3. The summed E-state index contributed by atoms with van der Waals surface area (Å²) in [5.41, 5.74) is 0.880. The summed E-state index contributed by atoms with van der Waals surface area (Å²) in [5, 5.41) is 4.82. The standard InChI is InChI=1S/C26H30N2O4/c1-4-23(26(30)27-5-2)28(17-19-10-8-13-21(16-19)31-3)25(29)18-32-24-15-9-12-20-11-6-7-14-22(20)24/h6-16,23H,4-5,17-18H2,1-3H3,(H,27,30)/t23-/m0/s1. The van der Waals surface area contributed by atoms with Gasteiger partial charge in [0.25, 0.3) is 5.91 Å². The number of amides is 2. The maximum absolute atomic E-state index is 13.3. The molecule has 2 amide bonds. The van der Waals surface area contributed by atoms with E-state index in [-0.39, 0.29) is 25.0 Å². The molecule has 3 aromatic rings. The van der Waals surface area contributed by atoms with Gasteiger partial charge in [-0.2, -0.15) is 0 Å². The molecule has 0 saturated carbocycles. The van der Waals surface area contributed by atoms with Crippen LogP contribution >= 0.6 is 0 Å². The molecular weight excluding hydrogens is 404 g/mol. The Labute approximate surface area is 189 Å². The van der Waals surface area contributed by atoms with Crippen LogP contribution in [0.3, 0.4) is 0 Å². The molecule has 32 heavy (non-hydrogen) atoms. The Balaban J connectivity index is 1.83. The number of rotatable bonds is 10. The fourth-order valence-electron chi connectivity index (χ4n) is 3.72. The van der Waals surface area contributed by atoms with E-state index in [9.17, 15) is 9.59 Å². The van der Waals surface area contributed by atoms with Gasteiger partial charge in [-0.05, 0) is 42.5 Å². The number of benzene rings is 3. The molecule has 0 heterocycles. The van der Waals surface area contributed by atoms with E-state index < -0.39 is 6.04 Å². The lowest BCUT2D eigenvalue weighted by molar-refractivity contribution is -0.142. The van der Waals surface area contributed by atoms with Gasteiger partial charge in [0.2, 0.25) is 5.91 Å². The quantitative estimate of drug-likeness (QED) is 0.520. The Kier molecular flexibility index (Phi) is 8.08. The summed E-state index contributed by atoms with van der Waals surface area (Å²) >= 11 is 0. The van der Waals surface area contributed by atoms with Crippen LogP contribution in [-0.4, -0.2) is 43.0 Å². The van der Waals surface area contributed by atoms with Crippen molar-refractivity contribution in [3.05, 3.63) is 72.3 Å². The molecule has 6 heteroatoms. The number of methoxy groups -OCH3 is 1. The first-order chi connectivity index (χ1) is 15.6. The molecule has 1 atom stereocenters. The lowest BCUT2D eigenvalue weighted by atomic mass is 10.1. The van der Waals surface area contributed by atoms with Crippen LogP contribution in [-0.2, 0) is 16.1 Å². The second kappa shape index (κ2) is 11.2. The minimum Gasteiger partial charge on any atom is -0.497 e. The molecule has 0 unspecified atom stereocenters. The van der Waals surface area contributed by atoms with E-state index >= 15 is 0 Å². The van der Waals surface area contributed by atoms with Crippen LogP contribution in [0.1, 0.15) is 25.8 Å². The Hall–Kier alpha value is -3.54. The summed E-state index contributed by atoms with van der Waals surface area (Å²) in [7, 11) is 1.60. The van der Waals surface area contributed by atoms with Gasteiger partial charge in [0.15, 0.2) is 6.61 Å². The number of hydrogen-bond donors (Lipinski definition) is 1. The van der Waals surface area contributed by atoms with Crippen molar-refractivity contribution in [2.45, 2.75) is 32.9 Å². The first-order valence-electron chi connectivity index (χ1n) is 10.9. The third kappa shape index (κ3) is 5.58. The third-order valence-electron chi connectivity index (χ3n) is 5.32. The summed E-state index contributed by atoms with van der Waals surface area (Å²) < 4.78 is 11.2. The van der Waals surface area contributed by atoms with Crippen LogP contribution in [0.25, 0.3) is 10.8 Å². The monoisotopic (exact) mass is 434 g/mol. The number of carbonyl (C=O) groups excluding carboxylic acids is 2. The first kappa shape index (κ1) is 23.1. The van der Waals surface area contributed by atoms with E-state index in [0.717, 1.165) is 16.3 Å². The fraction of sp³-hybridized carbons (Fsp3) is 0.308. The van der Waals surface area contributed by atoms with E-state index in [2.05, 4.69) is 5.32 Å². The third-order valence-corrected chi connectivity index (χ3v) is 5.32. The van der Waals surface area contributed by atoms with Gasteiger partial charge in [-0.15, -0.1) is 0 Å². The van der Waals surface area contributed by atoms with Crippen molar-refractivity contribution in [1.29, 1.82) is 0 Å². The molecule has 0 spiro atoms. The van der Waals surface area contributed by atoms with Gasteiger partial charge >= 0.3 is 0 Å². The highest BCUT2D eigenvalue weighted by molar-refractivity contribution is 5.90. The van der Waals surface area contributed by atoms with Crippen molar-refractivity contribution in [2.24, 2.45) is 0 Å². The molecule has 0 aliphatic heterocycles. The normalized spacial score (nSPS) is 11.6. The zero-order chi connectivity index (χ0) is 22.9. The minimum atomic E-state index is -0.593. The summed E-state index contributed by atoms with van der Waals surface area (Å²) in [6.45, 7) is 4.39. The molecule has 0 bridgehead atoms. The Morgan fingerprint density at radius 1 is 1.00 bits per heavy atom. The molecule has 0 saturated heterocycles. The molecule has 0 radical (unpaired) electrons. The zero-order valence-corrected chi connectivity index (χ0v) is 18.8. The van der Waals surface area contributed by atoms with Crippen LogP contribution in [0.5, 0.6) is 11.5 Å². The highest BCUT2D eigenvalue weighted by Crippen LogP contribution is 2.25. The molecule has 0 aliphatic carbocycles. The van der Waals surface area contributed by atoms with Crippen LogP contribution < -0.4 is 14.8 Å². The van der Waals surface area contributed by atoms with Gasteiger partial charge in [0, 0.05) is 18.5 Å². The molecule has 0 aliphatic rings. The smallest absolute Gasteiger partial charge is 0.261 e. The van der Waals surface area contributed by atoms with Gasteiger partial charge in [-0.1, -0.05) is 55.5 Å². The summed E-state index contributed by atoms with van der Waals surface area (Å²) in [6, 6.07) is 20.5. The van der Waals surface area contributed by atoms with Gasteiger partial charge < -0.3 is 19.7 Å². The van der Waals surface area contributed by atoms with E-state index in [0.29, 0.717) is 24.5 Å². The minimum absolute atomic E-state index is 0.159. The Morgan fingerprint density at radius 2 is 1.75 bits per heavy atom. The van der Waals surface area contributed by atoms with Crippen molar-refractivity contribution >= 4 is 22.6 Å². The van der Waals surface area contributed by atoms with Crippen LogP contribution in [0.15, 0.2) is 66.7 Å². The van der Waals surface area contributed by atoms with Crippen molar-refractivity contribution in [2.75, 3.05) is 20.3 Å². The number of likely N-dealkylation sites (N-methyl/N-ethyl adjacent to an activating group) is 1. The van der Waals surface area contributed by atoms with E-state index in [1.165, 1.54) is 0 Å². The van der Waals surface area contributed by atoms with Gasteiger partial charge in [0.05, 0.1) is 7.11 Å². The zero-order valence-electron chi connectivity index (χ0n) is 18.8. The average molecular weight is 435 g/mol. The maximum Gasteiger partial charge on any atom is 0.261 e. The number of nitrogens with zero attached hydrogens (tertiary/aromatic N) is 1. The van der Waals surface area contributed by atoms with E-state index in [4.69, 9.17) is 9.47 Å². The lowest BCUT2D eigenvalue weighted by Crippen LogP contribution is -2.50. The predicted molar refractivity (Wildman–Crippen MR) is 126 cm³/mol. The number of ether oxygens (including phenoxy) is 2. The molecule has 168 valence electrons. The Morgan fingerprint density at radius 3 is 2.50 bits per heavy atom. The first-order valence-corrected chi connectivity index (χ1v) is 10.9. The average Bonchev–Trinajstić information content (AvgIpc) is 2.82. The molecule has 6 nitrogen and oxygen atoms in total. The molecule has 0 aromatic heterocycles. The second-order valence-electron chi connectivity index (χ2n) is 7.46. The predicted octanol–water partition coefficient (Wildman–Crippen LogP) is 4.17. The van der Waals surface area contributed by atoms with Crippen LogP contribution in [0.2, 0.25) is 0 Å². The Bertz CT molecular complexity index is 1060. The van der Waals surface area contributed by atoms with E-state index in [1.807, 2.05) is 80.6 Å². The van der Waals surface area contributed by atoms with Crippen molar-refractivity contribution in [3.63, 3.8) is 0 Å². The van der Waals surface area contributed by atoms with Crippen molar-refractivity contribution < 1.29 is 19.1 Å². The lowest BCUT2D eigenvalue weighted by Gasteiger charge is -2.30. The van der Waals surface area contributed by atoms with Gasteiger partial charge in [0.1, 0.15) is 17.5 Å². The topological polar surface area (TPSA) is 67.9 Å². The van der Waals surface area contributed by atoms with Crippen LogP contribution in [0.4, 0.5) is 0 Å². The number of fused-ring (bicyclic) bond motifs is 1. The summed E-state index contributed by atoms with van der Waals surface area (Å²) in [5.74, 6) is 0.923. The molecule has 3 aromatic carbocycles. The number of nitrogens with one attached hydrogen (secondary N) is 1. The SMILES string of the molecule is CCNC(=O)[C@H](CC)N(Cc1cccc(OC)c1)C(=O)COc1cccc2ccccc12. The van der Waals surface area contributed by atoms with Crippen molar-refractivity contribution in [1.82, 2.24) is 10.2 Å². The summed E-state index contributed by atoms with van der Waals surface area (Å²) in [6.07, 6.45) is 0.496. The second-order valence-corrected chi connectivity index (χ2v) is 7.46. The highest BCUT2D eigenvalue weighted by atomic mass is 16.5. The number of carbonyl (C=O) groups is 2. The molecular formula is C26H30N2O4. The van der Waals surface area contributed by atoms with Crippen molar-refractivity contribution in [3.8, 4) is 11.5 Å². The molecule has 1 N–H and O–H groups in total. The number of hydrogen-bond acceptors (Lipinski definition) is 4. The van der Waals surface area contributed by atoms with Gasteiger partial charge in [-0.3, -0.25) is 9.59 Å². The van der Waals surface area contributed by atoms with Crippen LogP contribution in [0, 0.1) is 0 Å². The highest BCUT2D eigenvalue weighted by Gasteiger charge is 2.28. The summed E-state index contributed by atoms with van der Waals surface area (Å²) in [4.78, 5) is 27.6. The molecule has 3 rings (SSSR count). The van der Waals surface area contributed by atoms with E-state index in [1.54, 1.807) is 12.0 Å². The van der Waals surface area contributed by atoms with Gasteiger partial charge in [-0.25, -0.2) is 0 Å². The fourth-order valence-corrected chi connectivity index (χ4v) is 3.72. The largest absolute Gasteiger partial charge is 0.497 e. The molecule has 0 fully saturated rings.